The van der Waals surface area contributed by atoms with Gasteiger partial charge in [-0.2, -0.15) is 21.4 Å². The van der Waals surface area contributed by atoms with E-state index in [1.54, 1.807) is 0 Å². The summed E-state index contributed by atoms with van der Waals surface area (Å²) in [6.07, 6.45) is 16.3. The van der Waals surface area contributed by atoms with Crippen molar-refractivity contribution in [1.29, 1.82) is 0 Å². The highest BCUT2D eigenvalue weighted by Crippen LogP contribution is 2.48. The molecule has 0 saturated carbocycles. The number of aryl methyl sites for hydroxylation is 1. The van der Waals surface area contributed by atoms with Crippen LogP contribution in [0.1, 0.15) is 69.1 Å². The predicted molar refractivity (Wildman–Crippen MR) is 218 cm³/mol. The van der Waals surface area contributed by atoms with Crippen LogP contribution in [0.15, 0.2) is 115 Å². The molecule has 1 unspecified atom stereocenters. The molecule has 2 heterocycles. The standard InChI is InChI=1S/C43H48N2O6S2/c1-31-30-39-41(36-21-13-12-19-34(31)36)32(2)37(44(39)26-14-16-28-52(46,47)48)22-8-6-5-7-9-23-40-43(3,4)42-35-20-11-10-18-33(35)24-25-38(42)45(40)27-15-17-29-53(49,50)51/h5-13,18-25,30,32H,14-17,26-29H2,1-4H3,(H-,46,47,48,49,50,51)/p+1. The van der Waals surface area contributed by atoms with E-state index in [4.69, 9.17) is 0 Å². The first-order chi connectivity index (χ1) is 25.2. The van der Waals surface area contributed by atoms with Gasteiger partial charge < -0.3 is 4.90 Å². The van der Waals surface area contributed by atoms with E-state index in [0.717, 1.165) is 22.8 Å². The van der Waals surface area contributed by atoms with Crippen LogP contribution in [0.5, 0.6) is 0 Å². The normalized spacial score (nSPS) is 18.2. The van der Waals surface area contributed by atoms with Crippen LogP contribution in [-0.2, 0) is 25.7 Å². The highest BCUT2D eigenvalue weighted by atomic mass is 32.2. The Balaban J connectivity index is 1.24. The first-order valence-corrected chi connectivity index (χ1v) is 21.5. The van der Waals surface area contributed by atoms with Crippen molar-refractivity contribution in [1.82, 2.24) is 0 Å². The monoisotopic (exact) mass is 753 g/mol. The van der Waals surface area contributed by atoms with Gasteiger partial charge in [0.25, 0.3) is 20.2 Å². The maximum atomic E-state index is 11.4. The molecule has 4 aromatic carbocycles. The molecule has 53 heavy (non-hydrogen) atoms. The Morgan fingerprint density at radius 3 is 2.11 bits per heavy atom. The lowest BCUT2D eigenvalue weighted by molar-refractivity contribution is -0.438. The summed E-state index contributed by atoms with van der Waals surface area (Å²) in [4.78, 5) is 2.29. The van der Waals surface area contributed by atoms with Gasteiger partial charge in [0.2, 0.25) is 5.69 Å². The Hall–Kier alpha value is -4.35. The molecule has 2 aliphatic rings. The molecule has 2 N–H and O–H groups in total. The number of unbranched alkanes of at least 4 members (excludes halogenated alkanes) is 2. The van der Waals surface area contributed by atoms with Crippen LogP contribution in [-0.4, -0.2) is 60.8 Å². The van der Waals surface area contributed by atoms with Crippen molar-refractivity contribution in [3.05, 3.63) is 132 Å². The number of anilines is 1. The lowest BCUT2D eigenvalue weighted by atomic mass is 9.79. The largest absolute Gasteiger partial charge is 0.344 e. The third kappa shape index (κ3) is 8.41. The number of nitrogens with zero attached hydrogens (tertiary/aromatic N) is 2. The molecule has 6 rings (SSSR count). The van der Waals surface area contributed by atoms with Gasteiger partial charge in [-0.3, -0.25) is 9.11 Å². The number of hydrogen-bond donors (Lipinski definition) is 2. The number of benzene rings is 4. The first-order valence-electron chi connectivity index (χ1n) is 18.3. The van der Waals surface area contributed by atoms with E-state index in [1.165, 1.54) is 38.2 Å². The van der Waals surface area contributed by atoms with E-state index < -0.39 is 20.2 Å². The van der Waals surface area contributed by atoms with Crippen molar-refractivity contribution in [2.75, 3.05) is 29.5 Å². The second-order valence-corrected chi connectivity index (χ2v) is 17.7. The van der Waals surface area contributed by atoms with Gasteiger partial charge in [-0.25, -0.2) is 0 Å². The zero-order valence-corrected chi connectivity index (χ0v) is 32.5. The third-order valence-electron chi connectivity index (χ3n) is 10.5. The van der Waals surface area contributed by atoms with Crippen molar-refractivity contribution < 1.29 is 30.5 Å². The van der Waals surface area contributed by atoms with Gasteiger partial charge in [0.15, 0.2) is 5.71 Å². The van der Waals surface area contributed by atoms with Gasteiger partial charge in [0.05, 0.1) is 16.9 Å². The molecule has 278 valence electrons. The molecule has 1 atom stereocenters. The highest BCUT2D eigenvalue weighted by molar-refractivity contribution is 7.86. The Bertz CT molecular complexity index is 2420. The minimum absolute atomic E-state index is 0.132. The molecule has 0 saturated heterocycles. The Morgan fingerprint density at radius 2 is 1.40 bits per heavy atom. The fourth-order valence-corrected chi connectivity index (χ4v) is 9.26. The molecule has 0 spiro atoms. The summed E-state index contributed by atoms with van der Waals surface area (Å²) in [5.74, 6) is -0.368. The first kappa shape index (κ1) is 38.4. The van der Waals surface area contributed by atoms with Gasteiger partial charge in [-0.15, -0.1) is 0 Å². The van der Waals surface area contributed by atoms with Crippen LogP contribution < -0.4 is 4.90 Å². The van der Waals surface area contributed by atoms with E-state index >= 15 is 0 Å². The third-order valence-corrected chi connectivity index (χ3v) is 12.1. The molecular formula is C43H49N2O6S2+. The molecule has 0 radical (unpaired) electrons. The summed E-state index contributed by atoms with van der Waals surface area (Å²) in [5, 5.41) is 4.83. The molecule has 0 bridgehead atoms. The average molecular weight is 754 g/mol. The fraction of sp³-hybridized carbons (Fsp3) is 0.326. The molecule has 0 amide bonds. The summed E-state index contributed by atoms with van der Waals surface area (Å²) < 4.78 is 66.3. The van der Waals surface area contributed by atoms with Crippen molar-refractivity contribution in [2.45, 2.75) is 64.7 Å². The maximum Gasteiger partial charge on any atom is 0.264 e. The number of fused-ring (bicyclic) bond motifs is 6. The van der Waals surface area contributed by atoms with Crippen molar-refractivity contribution in [2.24, 2.45) is 0 Å². The SMILES string of the molecule is Cc1cc2c(c3ccccc13)C(C)C(=CC=CC=CC=CC1=[N+](CCCCS(=O)(=O)O)c3ccc4ccccc4c3C1(C)C)N2CCCCS(=O)(=O)O. The highest BCUT2D eigenvalue weighted by Gasteiger charge is 2.45. The summed E-state index contributed by atoms with van der Waals surface area (Å²) in [6, 6.07) is 23.4. The van der Waals surface area contributed by atoms with Crippen molar-refractivity contribution in [3.63, 3.8) is 0 Å². The molecule has 10 heteroatoms. The lowest BCUT2D eigenvalue weighted by Gasteiger charge is -2.23. The van der Waals surface area contributed by atoms with Crippen LogP contribution in [0, 0.1) is 6.92 Å². The van der Waals surface area contributed by atoms with Gasteiger partial charge in [-0.1, -0.05) is 85.8 Å². The smallest absolute Gasteiger partial charge is 0.264 e. The summed E-state index contributed by atoms with van der Waals surface area (Å²) >= 11 is 0. The minimum Gasteiger partial charge on any atom is -0.344 e. The number of hydrogen-bond acceptors (Lipinski definition) is 5. The molecule has 0 aliphatic carbocycles. The summed E-state index contributed by atoms with van der Waals surface area (Å²) in [6.45, 7) is 10.1. The van der Waals surface area contributed by atoms with Gasteiger partial charge in [-0.05, 0) is 90.9 Å². The van der Waals surface area contributed by atoms with Gasteiger partial charge in [0, 0.05) is 48.0 Å². The molecule has 4 aromatic rings. The van der Waals surface area contributed by atoms with E-state index in [-0.39, 0.29) is 22.8 Å². The molecule has 0 aromatic heterocycles. The van der Waals surface area contributed by atoms with E-state index in [1.807, 2.05) is 36.4 Å². The Labute approximate surface area is 314 Å². The Morgan fingerprint density at radius 1 is 0.774 bits per heavy atom. The Kier molecular flexibility index (Phi) is 11.3. The molecule has 2 aliphatic heterocycles. The molecular weight excluding hydrogens is 705 g/mol. The quantitative estimate of drug-likeness (QED) is 0.0571. The van der Waals surface area contributed by atoms with Crippen molar-refractivity contribution in [3.8, 4) is 0 Å². The van der Waals surface area contributed by atoms with Crippen LogP contribution in [0.4, 0.5) is 11.4 Å². The van der Waals surface area contributed by atoms with E-state index in [0.29, 0.717) is 38.8 Å². The number of rotatable bonds is 14. The van der Waals surface area contributed by atoms with Crippen LogP contribution in [0.3, 0.4) is 0 Å². The van der Waals surface area contributed by atoms with Gasteiger partial charge >= 0.3 is 0 Å². The number of allylic oxidation sites excluding steroid dienone is 8. The van der Waals surface area contributed by atoms with E-state index in [9.17, 15) is 25.9 Å². The van der Waals surface area contributed by atoms with Gasteiger partial charge in [0.1, 0.15) is 6.54 Å². The second-order valence-electron chi connectivity index (χ2n) is 14.6. The minimum atomic E-state index is -4.01. The van der Waals surface area contributed by atoms with Crippen molar-refractivity contribution >= 4 is 58.9 Å². The van der Waals surface area contributed by atoms with Crippen LogP contribution in [0.2, 0.25) is 0 Å². The maximum absolute atomic E-state index is 11.4. The second kappa shape index (κ2) is 15.6. The van der Waals surface area contributed by atoms with E-state index in [2.05, 4.69) is 110 Å². The molecule has 8 nitrogen and oxygen atoms in total. The molecule has 0 fully saturated rings. The average Bonchev–Trinajstić information content (AvgIpc) is 3.49. The zero-order chi connectivity index (χ0) is 38.0. The fourth-order valence-electron chi connectivity index (χ4n) is 8.12. The van der Waals surface area contributed by atoms with Crippen LogP contribution >= 0.6 is 0 Å². The predicted octanol–water partition coefficient (Wildman–Crippen LogP) is 9.19. The topological polar surface area (TPSA) is 115 Å². The zero-order valence-electron chi connectivity index (χ0n) is 30.9. The van der Waals surface area contributed by atoms with Crippen LogP contribution in [0.25, 0.3) is 21.5 Å². The lowest BCUT2D eigenvalue weighted by Crippen LogP contribution is -2.28. The summed E-state index contributed by atoms with van der Waals surface area (Å²) in [5.41, 5.74) is 7.93. The summed E-state index contributed by atoms with van der Waals surface area (Å²) in [7, 11) is -8.01.